The Morgan fingerprint density at radius 1 is 1.14 bits per heavy atom. The predicted molar refractivity (Wildman–Crippen MR) is 108 cm³/mol. The normalized spacial score (nSPS) is 14.2. The molecule has 152 valence electrons. The van der Waals surface area contributed by atoms with Gasteiger partial charge in [0.1, 0.15) is 23.4 Å². The molecule has 1 heterocycles. The van der Waals surface area contributed by atoms with Crippen LogP contribution in [0.4, 0.5) is 10.1 Å². The highest BCUT2D eigenvalue weighted by Crippen LogP contribution is 2.22. The van der Waals surface area contributed by atoms with E-state index in [0.29, 0.717) is 24.5 Å². The monoisotopic (exact) mass is 398 g/mol. The second-order valence-corrected chi connectivity index (χ2v) is 6.70. The van der Waals surface area contributed by atoms with Crippen LogP contribution in [0.1, 0.15) is 23.2 Å². The summed E-state index contributed by atoms with van der Waals surface area (Å²) in [7, 11) is 1.41. The summed E-state index contributed by atoms with van der Waals surface area (Å²) in [5.74, 6) is -0.0714. The molecule has 0 bridgehead atoms. The molecule has 0 atom stereocenters. The summed E-state index contributed by atoms with van der Waals surface area (Å²) in [4.78, 5) is 25.7. The lowest BCUT2D eigenvalue weighted by atomic mass is 10.1. The summed E-state index contributed by atoms with van der Waals surface area (Å²) >= 11 is 0. The number of nitrogens with zero attached hydrogens (tertiary/aromatic N) is 1. The van der Waals surface area contributed by atoms with E-state index in [9.17, 15) is 14.0 Å². The van der Waals surface area contributed by atoms with Crippen molar-refractivity contribution >= 4 is 17.5 Å². The van der Waals surface area contributed by atoms with Crippen molar-refractivity contribution in [3.05, 3.63) is 66.5 Å². The first-order valence-electron chi connectivity index (χ1n) is 9.32. The molecule has 1 saturated heterocycles. The molecule has 1 fully saturated rings. The molecular weight excluding hydrogens is 375 g/mol. The van der Waals surface area contributed by atoms with E-state index in [1.165, 1.54) is 25.3 Å². The minimum atomic E-state index is -0.543. The Morgan fingerprint density at radius 2 is 1.83 bits per heavy atom. The van der Waals surface area contributed by atoms with E-state index < -0.39 is 11.7 Å². The third kappa shape index (κ3) is 5.34. The first kappa shape index (κ1) is 20.4. The van der Waals surface area contributed by atoms with Gasteiger partial charge in [0.05, 0.1) is 7.11 Å². The number of carbonyl (C=O) groups is 2. The molecule has 2 aromatic rings. The summed E-state index contributed by atoms with van der Waals surface area (Å²) in [6, 6.07) is 10.8. The number of methoxy groups -OCH3 is 1. The highest BCUT2D eigenvalue weighted by molar-refractivity contribution is 6.04. The molecular formula is C22H23FN2O4. The number of halogens is 1. The highest BCUT2D eigenvalue weighted by atomic mass is 19.1. The van der Waals surface area contributed by atoms with Crippen molar-refractivity contribution < 1.29 is 23.5 Å². The lowest BCUT2D eigenvalue weighted by Gasteiger charge is -2.31. The summed E-state index contributed by atoms with van der Waals surface area (Å²) in [6.07, 6.45) is 2.86. The third-order valence-corrected chi connectivity index (χ3v) is 4.71. The van der Waals surface area contributed by atoms with Crippen LogP contribution in [-0.2, 0) is 4.79 Å². The van der Waals surface area contributed by atoms with Crippen LogP contribution in [0.15, 0.2) is 55.1 Å². The first-order valence-corrected chi connectivity index (χ1v) is 9.32. The van der Waals surface area contributed by atoms with Crippen LogP contribution in [0.2, 0.25) is 0 Å². The topological polar surface area (TPSA) is 67.9 Å². The molecule has 0 unspecified atom stereocenters. The summed E-state index contributed by atoms with van der Waals surface area (Å²) in [6.45, 7) is 4.79. The Balaban J connectivity index is 1.55. The molecule has 1 aliphatic rings. The standard InChI is InChI=1S/C22H23FN2O4/c1-3-21(26)25-10-8-19(9-11-25)29-18-6-4-17(5-7-18)24-22(27)15-12-16(23)14-20(13-15)28-2/h3-7,12-14,19H,1,8-11H2,2H3,(H,24,27). The molecule has 1 aliphatic heterocycles. The molecule has 3 rings (SSSR count). The molecule has 2 amide bonds. The van der Waals surface area contributed by atoms with E-state index in [1.807, 2.05) is 0 Å². The van der Waals surface area contributed by atoms with Crippen LogP contribution in [0.5, 0.6) is 11.5 Å². The number of likely N-dealkylation sites (tertiary alicyclic amines) is 1. The molecule has 6 nitrogen and oxygen atoms in total. The van der Waals surface area contributed by atoms with Gasteiger partial charge in [-0.3, -0.25) is 9.59 Å². The molecule has 0 saturated carbocycles. The Labute approximate surface area is 168 Å². The van der Waals surface area contributed by atoms with Gasteiger partial charge >= 0.3 is 0 Å². The van der Waals surface area contributed by atoms with Crippen LogP contribution >= 0.6 is 0 Å². The quantitative estimate of drug-likeness (QED) is 0.755. The van der Waals surface area contributed by atoms with Gasteiger partial charge in [-0.25, -0.2) is 4.39 Å². The Morgan fingerprint density at radius 3 is 2.45 bits per heavy atom. The summed E-state index contributed by atoms with van der Waals surface area (Å²) in [5.41, 5.74) is 0.736. The number of amides is 2. The smallest absolute Gasteiger partial charge is 0.255 e. The van der Waals surface area contributed by atoms with Gasteiger partial charge in [-0.15, -0.1) is 0 Å². The number of piperidine rings is 1. The van der Waals surface area contributed by atoms with Crippen molar-refractivity contribution in [1.82, 2.24) is 4.90 Å². The van der Waals surface area contributed by atoms with E-state index in [2.05, 4.69) is 11.9 Å². The average Bonchev–Trinajstić information content (AvgIpc) is 2.74. The molecule has 29 heavy (non-hydrogen) atoms. The number of carbonyl (C=O) groups excluding carboxylic acids is 2. The van der Waals surface area contributed by atoms with Gasteiger partial charge in [0, 0.05) is 43.2 Å². The van der Waals surface area contributed by atoms with Crippen molar-refractivity contribution in [2.45, 2.75) is 18.9 Å². The number of hydrogen-bond donors (Lipinski definition) is 1. The van der Waals surface area contributed by atoms with Crippen LogP contribution in [0.25, 0.3) is 0 Å². The molecule has 7 heteroatoms. The van der Waals surface area contributed by atoms with Crippen molar-refractivity contribution in [3.63, 3.8) is 0 Å². The largest absolute Gasteiger partial charge is 0.497 e. The zero-order valence-corrected chi connectivity index (χ0v) is 16.2. The third-order valence-electron chi connectivity index (χ3n) is 4.71. The maximum absolute atomic E-state index is 13.6. The van der Waals surface area contributed by atoms with E-state index in [-0.39, 0.29) is 23.3 Å². The van der Waals surface area contributed by atoms with Crippen molar-refractivity contribution in [3.8, 4) is 11.5 Å². The van der Waals surface area contributed by atoms with Crippen LogP contribution < -0.4 is 14.8 Å². The predicted octanol–water partition coefficient (Wildman–Crippen LogP) is 3.64. The molecule has 2 aromatic carbocycles. The Hall–Kier alpha value is -3.35. The van der Waals surface area contributed by atoms with E-state index in [0.717, 1.165) is 18.9 Å². The fourth-order valence-corrected chi connectivity index (χ4v) is 3.15. The molecule has 1 N–H and O–H groups in total. The van der Waals surface area contributed by atoms with Gasteiger partial charge in [-0.2, -0.15) is 0 Å². The lowest BCUT2D eigenvalue weighted by molar-refractivity contribution is -0.127. The second-order valence-electron chi connectivity index (χ2n) is 6.70. The molecule has 0 aromatic heterocycles. The van der Waals surface area contributed by atoms with E-state index >= 15 is 0 Å². The van der Waals surface area contributed by atoms with Gasteiger partial charge in [0.2, 0.25) is 5.91 Å². The van der Waals surface area contributed by atoms with Crippen LogP contribution in [0, 0.1) is 5.82 Å². The maximum atomic E-state index is 13.6. The molecule has 0 aliphatic carbocycles. The number of hydrogen-bond acceptors (Lipinski definition) is 4. The van der Waals surface area contributed by atoms with Gasteiger partial charge in [0.15, 0.2) is 0 Å². The first-order chi connectivity index (χ1) is 14.0. The average molecular weight is 398 g/mol. The van der Waals surface area contributed by atoms with Crippen molar-refractivity contribution in [2.24, 2.45) is 0 Å². The fraction of sp³-hybridized carbons (Fsp3) is 0.273. The Kier molecular flexibility index (Phi) is 6.49. The van der Waals surface area contributed by atoms with Crippen molar-refractivity contribution in [2.75, 3.05) is 25.5 Å². The number of anilines is 1. The molecule has 0 radical (unpaired) electrons. The van der Waals surface area contributed by atoms with Gasteiger partial charge in [-0.1, -0.05) is 6.58 Å². The summed E-state index contributed by atoms with van der Waals surface area (Å²) in [5, 5.41) is 2.72. The minimum absolute atomic E-state index is 0.0315. The number of ether oxygens (including phenoxy) is 2. The lowest BCUT2D eigenvalue weighted by Crippen LogP contribution is -2.41. The maximum Gasteiger partial charge on any atom is 0.255 e. The van der Waals surface area contributed by atoms with Gasteiger partial charge < -0.3 is 19.7 Å². The molecule has 0 spiro atoms. The second kappa shape index (κ2) is 9.23. The van der Waals surface area contributed by atoms with E-state index in [4.69, 9.17) is 9.47 Å². The summed E-state index contributed by atoms with van der Waals surface area (Å²) < 4.78 is 24.5. The van der Waals surface area contributed by atoms with E-state index in [1.54, 1.807) is 29.2 Å². The zero-order valence-electron chi connectivity index (χ0n) is 16.2. The highest BCUT2D eigenvalue weighted by Gasteiger charge is 2.22. The SMILES string of the molecule is C=CC(=O)N1CCC(Oc2ccc(NC(=O)c3cc(F)cc(OC)c3)cc2)CC1. The minimum Gasteiger partial charge on any atom is -0.497 e. The van der Waals surface area contributed by atoms with Crippen LogP contribution in [-0.4, -0.2) is 43.0 Å². The number of rotatable bonds is 6. The van der Waals surface area contributed by atoms with Gasteiger partial charge in [0.25, 0.3) is 5.91 Å². The number of nitrogens with one attached hydrogen (secondary N) is 1. The van der Waals surface area contributed by atoms with Crippen LogP contribution in [0.3, 0.4) is 0 Å². The fourth-order valence-electron chi connectivity index (χ4n) is 3.15. The zero-order chi connectivity index (χ0) is 20.8. The number of benzene rings is 2. The Bertz CT molecular complexity index is 890. The van der Waals surface area contributed by atoms with Gasteiger partial charge in [-0.05, 0) is 42.5 Å². The van der Waals surface area contributed by atoms with Crippen molar-refractivity contribution in [1.29, 1.82) is 0 Å².